The monoisotopic (exact) mass is 481 g/mol. The van der Waals surface area contributed by atoms with Crippen molar-refractivity contribution in [3.8, 4) is 5.88 Å². The zero-order chi connectivity index (χ0) is 25.4. The number of benzene rings is 1. The van der Waals surface area contributed by atoms with E-state index in [1.165, 1.54) is 12.8 Å². The second kappa shape index (κ2) is 9.94. The van der Waals surface area contributed by atoms with E-state index in [1.807, 2.05) is 26.1 Å². The highest BCUT2D eigenvalue weighted by atomic mass is 28.4. The molecule has 5 heteroatoms. The van der Waals surface area contributed by atoms with Gasteiger partial charge in [0.15, 0.2) is 14.1 Å². The number of aromatic nitrogens is 1. The molecule has 0 unspecified atom stereocenters. The maximum atomic E-state index is 14.2. The van der Waals surface area contributed by atoms with Gasteiger partial charge in [-0.15, -0.1) is 0 Å². The maximum absolute atomic E-state index is 14.2. The van der Waals surface area contributed by atoms with Crippen LogP contribution < -0.4 is 4.74 Å². The van der Waals surface area contributed by atoms with E-state index in [2.05, 4.69) is 46.8 Å². The molecule has 2 aromatic rings. The topological polar surface area (TPSA) is 59.4 Å². The first kappa shape index (κ1) is 26.6. The van der Waals surface area contributed by atoms with Crippen LogP contribution in [0.4, 0.5) is 0 Å². The molecule has 0 spiro atoms. The summed E-state index contributed by atoms with van der Waals surface area (Å²) in [5, 5.41) is -0.0985. The Bertz CT molecular complexity index is 1060. The molecule has 0 radical (unpaired) electrons. The summed E-state index contributed by atoms with van der Waals surface area (Å²) >= 11 is 0. The van der Waals surface area contributed by atoms with Gasteiger partial charge in [-0.1, -0.05) is 39.3 Å². The number of carbonyl (C=O) groups excluding carboxylic acids is 1. The van der Waals surface area contributed by atoms with Crippen LogP contribution in [0.5, 0.6) is 5.88 Å². The number of ketones is 1. The predicted octanol–water partition coefficient (Wildman–Crippen LogP) is 6.92. The summed E-state index contributed by atoms with van der Waals surface area (Å²) in [7, 11) is -0.643. The lowest BCUT2D eigenvalue weighted by molar-refractivity contribution is 0.103. The zero-order valence-electron chi connectivity index (χ0n) is 22.6. The van der Waals surface area contributed by atoms with Crippen LogP contribution in [0.1, 0.15) is 96.7 Å². The van der Waals surface area contributed by atoms with Crippen molar-refractivity contribution in [2.75, 3.05) is 7.11 Å². The molecule has 0 aliphatic heterocycles. The van der Waals surface area contributed by atoms with Gasteiger partial charge < -0.3 is 9.53 Å². The Morgan fingerprint density at radius 3 is 2.38 bits per heavy atom. The first-order valence-corrected chi connectivity index (χ1v) is 15.6. The van der Waals surface area contributed by atoms with E-state index >= 15 is 0 Å². The molecule has 1 aliphatic carbocycles. The summed E-state index contributed by atoms with van der Waals surface area (Å²) in [6.07, 6.45) is 5.10. The lowest BCUT2D eigenvalue weighted by atomic mass is 9.85. The van der Waals surface area contributed by atoms with Gasteiger partial charge in [0.2, 0.25) is 5.88 Å². The number of hydrogen-bond donors (Lipinski definition) is 1. The van der Waals surface area contributed by atoms with Gasteiger partial charge in [-0.3, -0.25) is 4.79 Å². The molecule has 0 bridgehead atoms. The first-order valence-electron chi connectivity index (χ1n) is 12.7. The lowest BCUT2D eigenvalue weighted by Crippen LogP contribution is -2.39. The molecule has 3 rings (SSSR count). The van der Waals surface area contributed by atoms with Crippen LogP contribution in [-0.4, -0.2) is 31.0 Å². The van der Waals surface area contributed by atoms with Crippen molar-refractivity contribution in [1.82, 2.24) is 4.98 Å². The van der Waals surface area contributed by atoms with Crippen LogP contribution in [0.15, 0.2) is 18.2 Å². The molecule has 1 aromatic heterocycles. The van der Waals surface area contributed by atoms with E-state index in [9.17, 15) is 9.59 Å². The van der Waals surface area contributed by atoms with Crippen LogP contribution in [-0.2, 0) is 12.8 Å². The van der Waals surface area contributed by atoms with Crippen molar-refractivity contribution in [2.24, 2.45) is 5.92 Å². The van der Waals surface area contributed by atoms with E-state index in [4.69, 9.17) is 9.72 Å². The summed E-state index contributed by atoms with van der Waals surface area (Å²) in [6.45, 7) is 16.6. The summed E-state index contributed by atoms with van der Waals surface area (Å²) in [4.78, 5) is 29.6. The molecule has 1 N–H and O–H groups in total. The van der Waals surface area contributed by atoms with E-state index in [-0.39, 0.29) is 16.7 Å². The predicted molar refractivity (Wildman–Crippen MR) is 143 cm³/mol. The average Bonchev–Trinajstić information content (AvgIpc) is 3.55. The third-order valence-corrected chi connectivity index (χ3v) is 11.4. The van der Waals surface area contributed by atoms with Crippen molar-refractivity contribution >= 4 is 14.1 Å². The molecule has 1 aromatic carbocycles. The molecule has 1 fully saturated rings. The van der Waals surface area contributed by atoms with Crippen molar-refractivity contribution in [1.29, 1.82) is 0 Å². The fourth-order valence-electron chi connectivity index (χ4n) is 4.59. The largest absolute Gasteiger partial charge is 0.481 e. The quantitative estimate of drug-likeness (QED) is 0.295. The highest BCUT2D eigenvalue weighted by Gasteiger charge is 2.37. The zero-order valence-corrected chi connectivity index (χ0v) is 23.6. The van der Waals surface area contributed by atoms with Crippen LogP contribution in [0.25, 0.3) is 0 Å². The van der Waals surface area contributed by atoms with Crippen molar-refractivity contribution in [2.45, 2.75) is 97.7 Å². The summed E-state index contributed by atoms with van der Waals surface area (Å²) in [5.74, 6) is 1.42. The van der Waals surface area contributed by atoms with Crippen molar-refractivity contribution in [3.63, 3.8) is 0 Å². The van der Waals surface area contributed by atoms with Gasteiger partial charge >= 0.3 is 0 Å². The normalized spacial score (nSPS) is 14.6. The number of hydrogen-bond acceptors (Lipinski definition) is 4. The van der Waals surface area contributed by atoms with E-state index < -0.39 is 8.32 Å². The van der Waals surface area contributed by atoms with Gasteiger partial charge in [0.05, 0.1) is 7.11 Å². The number of carbonyl (C=O) groups is 1. The highest BCUT2D eigenvalue weighted by Crippen LogP contribution is 2.41. The molecule has 4 nitrogen and oxygen atoms in total. The third kappa shape index (κ3) is 5.80. The Hall–Kier alpha value is -1.98. The fourth-order valence-corrected chi connectivity index (χ4v) is 5.32. The van der Waals surface area contributed by atoms with Crippen LogP contribution in [0, 0.1) is 19.8 Å². The first-order chi connectivity index (χ1) is 15.7. The molecule has 1 heterocycles. The number of ether oxygens (including phenoxy) is 1. The Balaban J connectivity index is 2.06. The smallest absolute Gasteiger partial charge is 0.217 e. The molecule has 1 aliphatic rings. The average molecular weight is 482 g/mol. The highest BCUT2D eigenvalue weighted by molar-refractivity contribution is 6.72. The summed E-state index contributed by atoms with van der Waals surface area (Å²) in [6, 6.07) is 6.24. The summed E-state index contributed by atoms with van der Waals surface area (Å²) in [5.41, 5.74) is 6.70. The minimum atomic E-state index is -2.28. The van der Waals surface area contributed by atoms with Gasteiger partial charge in [0.25, 0.3) is 0 Å². The molecule has 0 amide bonds. The minimum absolute atomic E-state index is 0.0734. The van der Waals surface area contributed by atoms with Gasteiger partial charge in [0.1, 0.15) is 0 Å². The van der Waals surface area contributed by atoms with Gasteiger partial charge in [-0.25, -0.2) is 4.98 Å². The Morgan fingerprint density at radius 1 is 1.21 bits per heavy atom. The second-order valence-corrected chi connectivity index (χ2v) is 16.2. The number of nitrogens with zero attached hydrogens (tertiary/aromatic N) is 1. The SMILES string of the molecule is COc1nc(C)c(CC2CC2)c(C(=O)c2cc(C)cc(CCC(C)(C)[Si](C)(C)O)c2)c1C(C)C. The molecular formula is C29H43NO3Si. The molecule has 0 atom stereocenters. The summed E-state index contributed by atoms with van der Waals surface area (Å²) < 4.78 is 5.66. The van der Waals surface area contributed by atoms with Crippen molar-refractivity contribution in [3.05, 3.63) is 57.3 Å². The Kier molecular flexibility index (Phi) is 7.78. The van der Waals surface area contributed by atoms with Gasteiger partial charge in [-0.2, -0.15) is 0 Å². The van der Waals surface area contributed by atoms with Gasteiger partial charge in [0, 0.05) is 22.4 Å². The molecule has 0 saturated heterocycles. The van der Waals surface area contributed by atoms with E-state index in [1.54, 1.807) is 7.11 Å². The maximum Gasteiger partial charge on any atom is 0.217 e. The third-order valence-electron chi connectivity index (χ3n) is 7.79. The fraction of sp³-hybridized carbons (Fsp3) is 0.586. The number of methoxy groups -OCH3 is 1. The van der Waals surface area contributed by atoms with Crippen LogP contribution >= 0.6 is 0 Å². The van der Waals surface area contributed by atoms with Crippen molar-refractivity contribution < 1.29 is 14.3 Å². The Morgan fingerprint density at radius 2 is 1.85 bits per heavy atom. The van der Waals surface area contributed by atoms with Gasteiger partial charge in [-0.05, 0) is 99.2 Å². The van der Waals surface area contributed by atoms with Crippen LogP contribution in [0.2, 0.25) is 18.1 Å². The Labute approximate surface area is 207 Å². The minimum Gasteiger partial charge on any atom is -0.481 e. The number of rotatable bonds is 10. The van der Waals surface area contributed by atoms with E-state index in [0.717, 1.165) is 58.3 Å². The standard InChI is InChI=1S/C29H43NO3Si/c1-18(2)25-26(24(17-21-10-11-21)20(4)30-28(25)33-7)27(31)23-15-19(3)14-22(16-23)12-13-29(5,6)34(8,9)32/h14-16,18,21,32H,10-13,17H2,1-9H3. The second-order valence-electron chi connectivity index (χ2n) is 11.8. The van der Waals surface area contributed by atoms with E-state index in [0.29, 0.717) is 11.8 Å². The number of pyridine rings is 1. The lowest BCUT2D eigenvalue weighted by Gasteiger charge is -2.35. The molecule has 186 valence electrons. The molecular weight excluding hydrogens is 438 g/mol. The number of aryl methyl sites for hydroxylation is 3. The molecule has 1 saturated carbocycles. The molecule has 34 heavy (non-hydrogen) atoms. The van der Waals surface area contributed by atoms with Crippen LogP contribution in [0.3, 0.4) is 0 Å².